The molecule has 4 heteroatoms. The summed E-state index contributed by atoms with van der Waals surface area (Å²) >= 11 is 0. The van der Waals surface area contributed by atoms with E-state index in [0.717, 1.165) is 25.5 Å². The van der Waals surface area contributed by atoms with Crippen molar-refractivity contribution < 1.29 is 14.0 Å². The molecule has 0 N–H and O–H groups in total. The Morgan fingerprint density at radius 2 is 1.50 bits per heavy atom. The molecule has 166 valence electrons. The van der Waals surface area contributed by atoms with Crippen molar-refractivity contribution >= 4 is 14.6 Å². The lowest BCUT2D eigenvalue weighted by Gasteiger charge is -2.40. The van der Waals surface area contributed by atoms with Gasteiger partial charge in [-0.2, -0.15) is 0 Å². The molecule has 2 unspecified atom stereocenters. The highest BCUT2D eigenvalue weighted by Crippen LogP contribution is 2.39. The fourth-order valence-electron chi connectivity index (χ4n) is 3.77. The molecule has 0 aromatic heterocycles. The van der Waals surface area contributed by atoms with Crippen LogP contribution in [-0.4, -0.2) is 32.9 Å². The molecular formula is C24H48O3Si. The highest BCUT2D eigenvalue weighted by atomic mass is 28.4. The van der Waals surface area contributed by atoms with Crippen LogP contribution in [0.1, 0.15) is 111 Å². The molecule has 0 bridgehead atoms. The van der Waals surface area contributed by atoms with Crippen LogP contribution in [0.3, 0.4) is 0 Å². The van der Waals surface area contributed by atoms with Crippen LogP contribution in [0.25, 0.3) is 0 Å². The standard InChI is InChI=1S/C24H48O3Si/c1-7-8-9-10-11-12-13-14-15-16-17-23(22-19-18-21(20-25)26-22)27-28(5,6)24(2,3)4/h20-23H,7-19H2,1-6H3/t21?,22?,23-/m1/s1. The molecule has 1 rings (SSSR count). The SMILES string of the molecule is CCCCCCCCCCCC[C@@H](O[Si](C)(C)C(C)(C)C)C1CCC(C=O)O1. The highest BCUT2D eigenvalue weighted by Gasteiger charge is 2.42. The predicted octanol–water partition coefficient (Wildman–Crippen LogP) is 7.43. The van der Waals surface area contributed by atoms with Crippen LogP contribution in [0.15, 0.2) is 0 Å². The number of hydrogen-bond donors (Lipinski definition) is 0. The fraction of sp³-hybridized carbons (Fsp3) is 0.958. The van der Waals surface area contributed by atoms with Gasteiger partial charge in [0.2, 0.25) is 0 Å². The summed E-state index contributed by atoms with van der Waals surface area (Å²) in [5.74, 6) is 0. The van der Waals surface area contributed by atoms with Gasteiger partial charge in [-0.25, -0.2) is 0 Å². The van der Waals surface area contributed by atoms with E-state index in [4.69, 9.17) is 9.16 Å². The van der Waals surface area contributed by atoms with Gasteiger partial charge in [0, 0.05) is 0 Å². The second kappa shape index (κ2) is 13.2. The van der Waals surface area contributed by atoms with Gasteiger partial charge in [-0.15, -0.1) is 0 Å². The van der Waals surface area contributed by atoms with Crippen molar-refractivity contribution in [3.8, 4) is 0 Å². The summed E-state index contributed by atoms with van der Waals surface area (Å²) in [7, 11) is -1.83. The maximum Gasteiger partial charge on any atom is 0.192 e. The molecule has 0 aliphatic carbocycles. The molecule has 3 nitrogen and oxygen atoms in total. The Morgan fingerprint density at radius 3 is 1.96 bits per heavy atom. The van der Waals surface area contributed by atoms with Crippen molar-refractivity contribution in [3.63, 3.8) is 0 Å². The summed E-state index contributed by atoms with van der Waals surface area (Å²) in [6.45, 7) is 13.8. The quantitative estimate of drug-likeness (QED) is 0.159. The van der Waals surface area contributed by atoms with E-state index in [9.17, 15) is 4.79 Å². The third kappa shape index (κ3) is 9.54. The Bertz CT molecular complexity index is 417. The summed E-state index contributed by atoms with van der Waals surface area (Å²) < 4.78 is 12.8. The topological polar surface area (TPSA) is 35.5 Å². The highest BCUT2D eigenvalue weighted by molar-refractivity contribution is 6.74. The third-order valence-corrected chi connectivity index (χ3v) is 11.3. The molecule has 1 aliphatic heterocycles. The smallest absolute Gasteiger partial charge is 0.192 e. The average molecular weight is 413 g/mol. The maximum atomic E-state index is 11.1. The van der Waals surface area contributed by atoms with Crippen LogP contribution in [0.2, 0.25) is 18.1 Å². The first kappa shape index (κ1) is 25.8. The van der Waals surface area contributed by atoms with Crippen molar-refractivity contribution in [1.82, 2.24) is 0 Å². The monoisotopic (exact) mass is 412 g/mol. The summed E-state index contributed by atoms with van der Waals surface area (Å²) in [6.07, 6.45) is 17.4. The van der Waals surface area contributed by atoms with Gasteiger partial charge < -0.3 is 14.0 Å². The lowest BCUT2D eigenvalue weighted by Crippen LogP contribution is -2.47. The van der Waals surface area contributed by atoms with Crippen molar-refractivity contribution in [2.45, 2.75) is 148 Å². The Hall–Kier alpha value is -0.193. The molecule has 28 heavy (non-hydrogen) atoms. The molecule has 1 saturated heterocycles. The third-order valence-electron chi connectivity index (χ3n) is 6.75. The van der Waals surface area contributed by atoms with Gasteiger partial charge in [0.15, 0.2) is 8.32 Å². The van der Waals surface area contributed by atoms with Gasteiger partial charge in [0.05, 0.1) is 12.2 Å². The first-order valence-electron chi connectivity index (χ1n) is 12.0. The van der Waals surface area contributed by atoms with E-state index < -0.39 is 8.32 Å². The van der Waals surface area contributed by atoms with E-state index in [0.29, 0.717) is 0 Å². The van der Waals surface area contributed by atoms with E-state index in [2.05, 4.69) is 40.8 Å². The minimum Gasteiger partial charge on any atom is -0.411 e. The Balaban J connectivity index is 2.37. The number of hydrogen-bond acceptors (Lipinski definition) is 3. The van der Waals surface area contributed by atoms with Crippen LogP contribution < -0.4 is 0 Å². The number of rotatable bonds is 15. The van der Waals surface area contributed by atoms with Crippen molar-refractivity contribution in [1.29, 1.82) is 0 Å². The Kier molecular flexibility index (Phi) is 12.2. The molecule has 0 aromatic rings. The van der Waals surface area contributed by atoms with Crippen molar-refractivity contribution in [2.24, 2.45) is 0 Å². The zero-order valence-corrected chi connectivity index (χ0v) is 20.7. The van der Waals surface area contributed by atoms with Gasteiger partial charge in [-0.3, -0.25) is 0 Å². The molecule has 0 saturated carbocycles. The van der Waals surface area contributed by atoms with Gasteiger partial charge >= 0.3 is 0 Å². The molecule has 1 heterocycles. The summed E-state index contributed by atoms with van der Waals surface area (Å²) in [5, 5.41) is 0.200. The first-order chi connectivity index (χ1) is 13.2. The van der Waals surface area contributed by atoms with Crippen LogP contribution in [0.4, 0.5) is 0 Å². The minimum absolute atomic E-state index is 0.0999. The fourth-order valence-corrected chi connectivity index (χ4v) is 5.15. The number of ether oxygens (including phenoxy) is 1. The van der Waals surface area contributed by atoms with Crippen LogP contribution in [-0.2, 0) is 14.0 Å². The molecule has 1 fully saturated rings. The zero-order chi connectivity index (χ0) is 21.0. The first-order valence-corrected chi connectivity index (χ1v) is 14.9. The van der Waals surface area contributed by atoms with E-state index >= 15 is 0 Å². The molecule has 0 amide bonds. The second-order valence-electron chi connectivity index (χ2n) is 10.3. The molecular weight excluding hydrogens is 364 g/mol. The largest absolute Gasteiger partial charge is 0.411 e. The van der Waals surface area contributed by atoms with Gasteiger partial charge in [-0.1, -0.05) is 91.9 Å². The van der Waals surface area contributed by atoms with Gasteiger partial charge in [-0.05, 0) is 37.4 Å². The van der Waals surface area contributed by atoms with E-state index in [1.165, 1.54) is 64.2 Å². The molecule has 0 aromatic carbocycles. The second-order valence-corrected chi connectivity index (χ2v) is 15.1. The van der Waals surface area contributed by atoms with Crippen LogP contribution in [0.5, 0.6) is 0 Å². The molecule has 3 atom stereocenters. The Labute approximate surface area is 176 Å². The number of unbranched alkanes of at least 4 members (excludes halogenated alkanes) is 9. The molecule has 0 spiro atoms. The summed E-state index contributed by atoms with van der Waals surface area (Å²) in [4.78, 5) is 11.1. The lowest BCUT2D eigenvalue weighted by molar-refractivity contribution is -0.119. The lowest BCUT2D eigenvalue weighted by atomic mass is 10.0. The minimum atomic E-state index is -1.83. The van der Waals surface area contributed by atoms with Gasteiger partial charge in [0.25, 0.3) is 0 Å². The molecule has 0 radical (unpaired) electrons. The van der Waals surface area contributed by atoms with E-state index in [1.807, 2.05) is 0 Å². The van der Waals surface area contributed by atoms with E-state index in [-0.39, 0.29) is 23.4 Å². The number of carbonyl (C=O) groups excluding carboxylic acids is 1. The normalized spacial score (nSPS) is 21.8. The van der Waals surface area contributed by atoms with E-state index in [1.54, 1.807) is 0 Å². The number of carbonyl (C=O) groups is 1. The van der Waals surface area contributed by atoms with Crippen LogP contribution >= 0.6 is 0 Å². The average Bonchev–Trinajstić information content (AvgIpc) is 3.10. The zero-order valence-electron chi connectivity index (χ0n) is 19.7. The summed E-state index contributed by atoms with van der Waals surface area (Å²) in [6, 6.07) is 0. The number of aldehydes is 1. The summed E-state index contributed by atoms with van der Waals surface area (Å²) in [5.41, 5.74) is 0. The van der Waals surface area contributed by atoms with Crippen LogP contribution in [0, 0.1) is 0 Å². The van der Waals surface area contributed by atoms with Gasteiger partial charge in [0.1, 0.15) is 12.4 Å². The Morgan fingerprint density at radius 1 is 0.964 bits per heavy atom. The van der Waals surface area contributed by atoms with Crippen molar-refractivity contribution in [2.75, 3.05) is 0 Å². The maximum absolute atomic E-state index is 11.1. The van der Waals surface area contributed by atoms with Crippen molar-refractivity contribution in [3.05, 3.63) is 0 Å². The molecule has 1 aliphatic rings. The predicted molar refractivity (Wildman–Crippen MR) is 122 cm³/mol.